The van der Waals surface area contributed by atoms with Gasteiger partial charge in [-0.3, -0.25) is 10.1 Å². The average Bonchev–Trinajstić information content (AvgIpc) is 3.12. The van der Waals surface area contributed by atoms with E-state index in [1.165, 1.54) is 42.1 Å². The normalized spacial score (nSPS) is 18.1. The lowest BCUT2D eigenvalue weighted by Crippen LogP contribution is -2.30. The summed E-state index contributed by atoms with van der Waals surface area (Å²) in [5.41, 5.74) is 0.743. The zero-order valence-corrected chi connectivity index (χ0v) is 16.0. The molecule has 1 aromatic carbocycles. The van der Waals surface area contributed by atoms with Gasteiger partial charge in [-0.15, -0.1) is 0 Å². The van der Waals surface area contributed by atoms with Crippen LogP contribution in [-0.2, 0) is 14.4 Å². The maximum atomic E-state index is 12.5. The second kappa shape index (κ2) is 7.13. The Morgan fingerprint density at radius 1 is 1.18 bits per heavy atom. The first-order valence-corrected chi connectivity index (χ1v) is 8.87. The molecule has 1 N–H and O–H groups in total. The molecule has 3 rings (SSSR count). The van der Waals surface area contributed by atoms with Crippen LogP contribution in [0.15, 0.2) is 35.9 Å². The molecule has 2 aromatic rings. The van der Waals surface area contributed by atoms with E-state index in [2.05, 4.69) is 0 Å². The lowest BCUT2D eigenvalue weighted by Gasteiger charge is -2.33. The number of rotatable bonds is 4. The molecule has 0 amide bonds. The second-order valence-electron chi connectivity index (χ2n) is 5.94. The number of aliphatic hydroxyl groups is 1. The van der Waals surface area contributed by atoms with Crippen LogP contribution < -0.4 is 0 Å². The molecule has 0 fully saturated rings. The van der Waals surface area contributed by atoms with E-state index in [0.717, 1.165) is 18.9 Å². The number of hydrogen-bond acceptors (Lipinski definition) is 8. The van der Waals surface area contributed by atoms with Gasteiger partial charge in [0.15, 0.2) is 4.93 Å². The Morgan fingerprint density at radius 2 is 1.79 bits per heavy atom. The first-order chi connectivity index (χ1) is 13.2. The molecule has 0 spiro atoms. The number of carbonyl (C=O) groups is 2. The van der Waals surface area contributed by atoms with E-state index in [-0.39, 0.29) is 22.5 Å². The summed E-state index contributed by atoms with van der Waals surface area (Å²) in [5, 5.41) is 24.1. The number of nitro groups is 1. The molecule has 0 saturated heterocycles. The van der Waals surface area contributed by atoms with Crippen LogP contribution in [-0.4, -0.2) is 40.8 Å². The number of ether oxygens (including phenoxy) is 2. The minimum absolute atomic E-state index is 0.0556. The number of methoxy groups -OCH3 is 2. The van der Waals surface area contributed by atoms with E-state index in [1.807, 2.05) is 0 Å². The first kappa shape index (κ1) is 19.6. The van der Waals surface area contributed by atoms with Crippen molar-refractivity contribution in [1.82, 2.24) is 4.57 Å². The van der Waals surface area contributed by atoms with Crippen molar-refractivity contribution in [2.75, 3.05) is 14.2 Å². The highest BCUT2D eigenvalue weighted by molar-refractivity contribution is 8.03. The molecule has 1 aliphatic heterocycles. The van der Waals surface area contributed by atoms with Crippen molar-refractivity contribution >= 4 is 35.1 Å². The van der Waals surface area contributed by atoms with Crippen LogP contribution in [0.2, 0.25) is 0 Å². The van der Waals surface area contributed by atoms with Crippen molar-refractivity contribution in [2.24, 2.45) is 0 Å². The summed E-state index contributed by atoms with van der Waals surface area (Å²) in [6, 6.07) is 5.31. The predicted molar refractivity (Wildman–Crippen MR) is 101 cm³/mol. The summed E-state index contributed by atoms with van der Waals surface area (Å²) >= 11 is 1.00. The molecule has 0 aliphatic carbocycles. The largest absolute Gasteiger partial charge is 0.465 e. The van der Waals surface area contributed by atoms with Crippen LogP contribution >= 0.6 is 11.8 Å². The number of nitrogens with zero attached hydrogens (tertiary/aromatic N) is 2. The van der Waals surface area contributed by atoms with Gasteiger partial charge in [-0.05, 0) is 24.5 Å². The monoisotopic (exact) mass is 404 g/mol. The van der Waals surface area contributed by atoms with E-state index in [0.29, 0.717) is 11.3 Å². The van der Waals surface area contributed by atoms with Gasteiger partial charge >= 0.3 is 11.9 Å². The third-order valence-electron chi connectivity index (χ3n) is 4.37. The van der Waals surface area contributed by atoms with Crippen LogP contribution in [0.25, 0.3) is 5.70 Å². The van der Waals surface area contributed by atoms with Gasteiger partial charge in [0.2, 0.25) is 0 Å². The summed E-state index contributed by atoms with van der Waals surface area (Å²) in [7, 11) is 2.34. The quantitative estimate of drug-likeness (QED) is 0.469. The van der Waals surface area contributed by atoms with Crippen LogP contribution in [0.5, 0.6) is 0 Å². The molecular weight excluding hydrogens is 388 g/mol. The molecule has 1 unspecified atom stereocenters. The van der Waals surface area contributed by atoms with E-state index in [4.69, 9.17) is 9.47 Å². The van der Waals surface area contributed by atoms with Gasteiger partial charge in [0, 0.05) is 29.6 Å². The average molecular weight is 404 g/mol. The van der Waals surface area contributed by atoms with Gasteiger partial charge in [0.05, 0.1) is 36.0 Å². The summed E-state index contributed by atoms with van der Waals surface area (Å²) in [5.74, 6) is -1.57. The molecule has 146 valence electrons. The number of aromatic nitrogens is 1. The smallest absolute Gasteiger partial charge is 0.340 e. The van der Waals surface area contributed by atoms with E-state index in [1.54, 1.807) is 12.3 Å². The predicted octanol–water partition coefficient (Wildman–Crippen LogP) is 2.73. The maximum Gasteiger partial charge on any atom is 0.340 e. The van der Waals surface area contributed by atoms with E-state index < -0.39 is 21.8 Å². The van der Waals surface area contributed by atoms with Gasteiger partial charge < -0.3 is 19.1 Å². The Labute approximate surface area is 163 Å². The number of esters is 2. The number of fused-ring (bicyclic) bond motifs is 1. The van der Waals surface area contributed by atoms with E-state index >= 15 is 0 Å². The van der Waals surface area contributed by atoms with Crippen LogP contribution in [0.4, 0.5) is 5.69 Å². The van der Waals surface area contributed by atoms with E-state index in [9.17, 15) is 24.8 Å². The number of benzene rings is 1. The highest BCUT2D eigenvalue weighted by atomic mass is 32.2. The molecule has 1 atom stereocenters. The number of non-ortho nitro benzene ring substituents is 1. The summed E-state index contributed by atoms with van der Waals surface area (Å²) < 4.78 is 11.1. The minimum atomic E-state index is -1.79. The molecule has 0 saturated carbocycles. The zero-order chi connectivity index (χ0) is 20.6. The Hall–Kier alpha value is -3.11. The molecule has 0 bridgehead atoms. The fourth-order valence-corrected chi connectivity index (χ4v) is 4.03. The fraction of sp³-hybridized carbons (Fsp3) is 0.222. The molecule has 28 heavy (non-hydrogen) atoms. The van der Waals surface area contributed by atoms with Gasteiger partial charge in [-0.2, -0.15) is 0 Å². The van der Waals surface area contributed by atoms with Crippen LogP contribution in [0, 0.1) is 10.1 Å². The van der Waals surface area contributed by atoms with Gasteiger partial charge in [-0.1, -0.05) is 11.8 Å². The van der Waals surface area contributed by atoms with Crippen molar-refractivity contribution in [3.05, 3.63) is 68.4 Å². The molecule has 0 radical (unpaired) electrons. The highest BCUT2D eigenvalue weighted by Crippen LogP contribution is 2.48. The molecule has 10 heteroatoms. The minimum Gasteiger partial charge on any atom is -0.465 e. The van der Waals surface area contributed by atoms with Gasteiger partial charge in [0.1, 0.15) is 0 Å². The molecule has 1 aliphatic rings. The SMILES string of the molecule is COC(=O)c1cn2c(c1C(=O)OC)C(O)(c1ccc([N+](=O)[O-])cc1)SC=C2C. The number of carbonyl (C=O) groups excluding carboxylic acids is 2. The molecular formula is C18H16N2O7S. The first-order valence-electron chi connectivity index (χ1n) is 7.99. The second-order valence-corrected chi connectivity index (χ2v) is 7.01. The van der Waals surface area contributed by atoms with Crippen molar-refractivity contribution in [1.29, 1.82) is 0 Å². The van der Waals surface area contributed by atoms with Crippen molar-refractivity contribution in [2.45, 2.75) is 11.9 Å². The van der Waals surface area contributed by atoms with Crippen molar-refractivity contribution < 1.29 is 29.1 Å². The summed E-state index contributed by atoms with van der Waals surface area (Å²) in [6.45, 7) is 1.74. The Morgan fingerprint density at radius 3 is 2.32 bits per heavy atom. The number of hydrogen-bond donors (Lipinski definition) is 1. The molecule has 1 aromatic heterocycles. The highest BCUT2D eigenvalue weighted by Gasteiger charge is 2.44. The number of nitro benzene ring substituents is 1. The maximum absolute atomic E-state index is 12.5. The lowest BCUT2D eigenvalue weighted by atomic mass is 10.00. The lowest BCUT2D eigenvalue weighted by molar-refractivity contribution is -0.384. The van der Waals surface area contributed by atoms with Crippen LogP contribution in [0.1, 0.15) is 38.9 Å². The summed E-state index contributed by atoms with van der Waals surface area (Å²) in [4.78, 5) is 33.3. The topological polar surface area (TPSA) is 121 Å². The Kier molecular flexibility index (Phi) is 5.01. The zero-order valence-electron chi connectivity index (χ0n) is 15.2. The van der Waals surface area contributed by atoms with Gasteiger partial charge in [-0.25, -0.2) is 9.59 Å². The number of allylic oxidation sites excluding steroid dienone is 1. The fourth-order valence-electron chi connectivity index (χ4n) is 2.99. The summed E-state index contributed by atoms with van der Waals surface area (Å²) in [6.07, 6.45) is 1.40. The number of thioether (sulfide) groups is 1. The van der Waals surface area contributed by atoms with Crippen molar-refractivity contribution in [3.63, 3.8) is 0 Å². The third-order valence-corrected chi connectivity index (χ3v) is 5.60. The van der Waals surface area contributed by atoms with Crippen molar-refractivity contribution in [3.8, 4) is 0 Å². The molecule has 2 heterocycles. The third kappa shape index (κ3) is 2.96. The Balaban J connectivity index is 2.29. The Bertz CT molecular complexity index is 1010. The standard InChI is InChI=1S/C18H16N2O7S/c1-10-9-28-18(23,11-4-6-12(7-5-11)20(24)25)15-14(17(22)27-3)13(8-19(10)15)16(21)26-2/h4-9,23H,1-3H3. The molecule has 9 nitrogen and oxygen atoms in total. The van der Waals surface area contributed by atoms with Gasteiger partial charge in [0.25, 0.3) is 5.69 Å². The van der Waals surface area contributed by atoms with Crippen LogP contribution in [0.3, 0.4) is 0 Å².